The van der Waals surface area contributed by atoms with Gasteiger partial charge in [0.05, 0.1) is 0 Å². The SMILES string of the molecule is CCCCCCCCCCCCNC(=O)NCCc1ccc(O)cc1. The Labute approximate surface area is 153 Å². The van der Waals surface area contributed by atoms with Crippen molar-refractivity contribution < 1.29 is 9.90 Å². The normalized spacial score (nSPS) is 10.6. The molecule has 0 aliphatic rings. The van der Waals surface area contributed by atoms with Gasteiger partial charge in [-0.25, -0.2) is 4.79 Å². The van der Waals surface area contributed by atoms with Gasteiger partial charge in [-0.1, -0.05) is 76.8 Å². The van der Waals surface area contributed by atoms with E-state index >= 15 is 0 Å². The number of benzene rings is 1. The largest absolute Gasteiger partial charge is 0.508 e. The maximum Gasteiger partial charge on any atom is 0.314 e. The van der Waals surface area contributed by atoms with Crippen LogP contribution in [0.5, 0.6) is 5.75 Å². The molecule has 0 heterocycles. The van der Waals surface area contributed by atoms with Crippen LogP contribution in [0.4, 0.5) is 4.79 Å². The molecule has 0 fully saturated rings. The predicted octanol–water partition coefficient (Wildman–Crippen LogP) is 5.15. The van der Waals surface area contributed by atoms with E-state index in [1.807, 2.05) is 12.1 Å². The number of carbonyl (C=O) groups is 1. The van der Waals surface area contributed by atoms with Crippen LogP contribution >= 0.6 is 0 Å². The van der Waals surface area contributed by atoms with Crippen molar-refractivity contribution in [2.45, 2.75) is 77.6 Å². The van der Waals surface area contributed by atoms with Crippen molar-refractivity contribution in [1.29, 1.82) is 0 Å². The molecule has 4 nitrogen and oxygen atoms in total. The van der Waals surface area contributed by atoms with Crippen molar-refractivity contribution >= 4 is 6.03 Å². The van der Waals surface area contributed by atoms with Gasteiger partial charge in [0, 0.05) is 13.1 Å². The monoisotopic (exact) mass is 348 g/mol. The Hall–Kier alpha value is -1.71. The number of hydrogen-bond donors (Lipinski definition) is 3. The van der Waals surface area contributed by atoms with Gasteiger partial charge in [0.1, 0.15) is 5.75 Å². The number of urea groups is 1. The first-order valence-electron chi connectivity index (χ1n) is 10.0. The van der Waals surface area contributed by atoms with Crippen molar-refractivity contribution in [2.24, 2.45) is 0 Å². The van der Waals surface area contributed by atoms with E-state index in [1.165, 1.54) is 57.8 Å². The summed E-state index contributed by atoms with van der Waals surface area (Å²) in [6.07, 6.45) is 13.8. The Morgan fingerprint density at radius 3 is 1.92 bits per heavy atom. The lowest BCUT2D eigenvalue weighted by atomic mass is 10.1. The summed E-state index contributed by atoms with van der Waals surface area (Å²) in [4.78, 5) is 11.7. The van der Waals surface area contributed by atoms with Crippen LogP contribution in [-0.2, 0) is 6.42 Å². The smallest absolute Gasteiger partial charge is 0.314 e. The van der Waals surface area contributed by atoms with E-state index in [0.717, 1.165) is 24.9 Å². The van der Waals surface area contributed by atoms with Gasteiger partial charge in [0.2, 0.25) is 0 Å². The third kappa shape index (κ3) is 12.3. The molecule has 0 unspecified atom stereocenters. The molecule has 1 rings (SSSR count). The number of aromatic hydroxyl groups is 1. The zero-order valence-electron chi connectivity index (χ0n) is 15.9. The Balaban J connectivity index is 1.86. The topological polar surface area (TPSA) is 61.4 Å². The standard InChI is InChI=1S/C21H36N2O2/c1-2-3-4-5-6-7-8-9-10-11-17-22-21(25)23-18-16-19-12-14-20(24)15-13-19/h12-15,24H,2-11,16-18H2,1H3,(H2,22,23,25). The summed E-state index contributed by atoms with van der Waals surface area (Å²) in [5.41, 5.74) is 1.10. The quantitative estimate of drug-likeness (QED) is 0.407. The summed E-state index contributed by atoms with van der Waals surface area (Å²) >= 11 is 0. The molecule has 2 amide bonds. The molecule has 1 aromatic rings. The molecule has 142 valence electrons. The molecular weight excluding hydrogens is 312 g/mol. The lowest BCUT2D eigenvalue weighted by molar-refractivity contribution is 0.241. The van der Waals surface area contributed by atoms with E-state index in [1.54, 1.807) is 12.1 Å². The number of rotatable bonds is 14. The van der Waals surface area contributed by atoms with Gasteiger partial charge >= 0.3 is 6.03 Å². The number of nitrogens with one attached hydrogen (secondary N) is 2. The fourth-order valence-corrected chi connectivity index (χ4v) is 2.86. The van der Waals surface area contributed by atoms with Crippen LogP contribution in [0.25, 0.3) is 0 Å². The van der Waals surface area contributed by atoms with Crippen molar-refractivity contribution in [2.75, 3.05) is 13.1 Å². The van der Waals surface area contributed by atoms with Crippen molar-refractivity contribution in [1.82, 2.24) is 10.6 Å². The highest BCUT2D eigenvalue weighted by Gasteiger charge is 2.00. The van der Waals surface area contributed by atoms with Crippen molar-refractivity contribution in [3.63, 3.8) is 0 Å². The van der Waals surface area contributed by atoms with Gasteiger partial charge in [0.25, 0.3) is 0 Å². The number of phenols is 1. The number of carbonyl (C=O) groups excluding carboxylic acids is 1. The van der Waals surface area contributed by atoms with E-state index in [4.69, 9.17) is 0 Å². The molecule has 0 aliphatic carbocycles. The lowest BCUT2D eigenvalue weighted by Crippen LogP contribution is -2.37. The van der Waals surface area contributed by atoms with Gasteiger partial charge in [-0.15, -0.1) is 0 Å². The van der Waals surface area contributed by atoms with Gasteiger partial charge in [-0.2, -0.15) is 0 Å². The average Bonchev–Trinajstić information content (AvgIpc) is 2.61. The Morgan fingerprint density at radius 2 is 1.32 bits per heavy atom. The highest BCUT2D eigenvalue weighted by molar-refractivity contribution is 5.73. The van der Waals surface area contributed by atoms with Gasteiger partial charge in [0.15, 0.2) is 0 Å². The van der Waals surface area contributed by atoms with Gasteiger partial charge in [-0.3, -0.25) is 0 Å². The van der Waals surface area contributed by atoms with Crippen LogP contribution < -0.4 is 10.6 Å². The third-order valence-corrected chi connectivity index (χ3v) is 4.45. The minimum Gasteiger partial charge on any atom is -0.508 e. The summed E-state index contributed by atoms with van der Waals surface area (Å²) in [6.45, 7) is 3.61. The van der Waals surface area contributed by atoms with Crippen LogP contribution in [0.2, 0.25) is 0 Å². The number of phenolic OH excluding ortho intramolecular Hbond substituents is 1. The zero-order valence-corrected chi connectivity index (χ0v) is 15.9. The number of hydrogen-bond acceptors (Lipinski definition) is 2. The van der Waals surface area contributed by atoms with E-state index in [-0.39, 0.29) is 11.8 Å². The lowest BCUT2D eigenvalue weighted by Gasteiger charge is -2.08. The molecule has 0 saturated carbocycles. The number of amides is 2. The first-order chi connectivity index (χ1) is 12.2. The second-order valence-corrected chi connectivity index (χ2v) is 6.78. The maximum absolute atomic E-state index is 11.7. The molecule has 25 heavy (non-hydrogen) atoms. The first kappa shape index (κ1) is 21.3. The van der Waals surface area contributed by atoms with Crippen molar-refractivity contribution in [3.05, 3.63) is 29.8 Å². The van der Waals surface area contributed by atoms with E-state index < -0.39 is 0 Å². The first-order valence-corrected chi connectivity index (χ1v) is 10.0. The summed E-state index contributed by atoms with van der Waals surface area (Å²) in [7, 11) is 0. The third-order valence-electron chi connectivity index (χ3n) is 4.45. The molecular formula is C21H36N2O2. The fourth-order valence-electron chi connectivity index (χ4n) is 2.86. The highest BCUT2D eigenvalue weighted by Crippen LogP contribution is 2.10. The summed E-state index contributed by atoms with van der Waals surface area (Å²) in [5.74, 6) is 0.269. The summed E-state index contributed by atoms with van der Waals surface area (Å²) in [5, 5.41) is 15.0. The summed E-state index contributed by atoms with van der Waals surface area (Å²) < 4.78 is 0. The number of unbranched alkanes of at least 4 members (excludes halogenated alkanes) is 9. The highest BCUT2D eigenvalue weighted by atomic mass is 16.3. The van der Waals surface area contributed by atoms with E-state index in [0.29, 0.717) is 6.54 Å². The molecule has 0 bridgehead atoms. The van der Waals surface area contributed by atoms with Crippen LogP contribution in [0.15, 0.2) is 24.3 Å². The van der Waals surface area contributed by atoms with Crippen molar-refractivity contribution in [3.8, 4) is 5.75 Å². The molecule has 0 aromatic heterocycles. The maximum atomic E-state index is 11.7. The molecule has 3 N–H and O–H groups in total. The fraction of sp³-hybridized carbons (Fsp3) is 0.667. The molecule has 0 saturated heterocycles. The van der Waals surface area contributed by atoms with Crippen LogP contribution in [0, 0.1) is 0 Å². The zero-order chi connectivity index (χ0) is 18.2. The molecule has 4 heteroatoms. The van der Waals surface area contributed by atoms with E-state index in [2.05, 4.69) is 17.6 Å². The van der Waals surface area contributed by atoms with Crippen LogP contribution in [0.3, 0.4) is 0 Å². The Kier molecular flexibility index (Phi) is 12.5. The Morgan fingerprint density at radius 1 is 0.800 bits per heavy atom. The van der Waals surface area contributed by atoms with Crippen LogP contribution in [-0.4, -0.2) is 24.2 Å². The van der Waals surface area contributed by atoms with E-state index in [9.17, 15) is 9.90 Å². The molecule has 0 radical (unpaired) electrons. The Bertz CT molecular complexity index is 446. The minimum absolute atomic E-state index is 0.0882. The molecule has 0 atom stereocenters. The second kappa shape index (κ2) is 14.6. The molecule has 0 aliphatic heterocycles. The second-order valence-electron chi connectivity index (χ2n) is 6.78. The molecule has 0 spiro atoms. The summed E-state index contributed by atoms with van der Waals surface area (Å²) in [6, 6.07) is 6.99. The predicted molar refractivity (Wildman–Crippen MR) is 105 cm³/mol. The van der Waals surface area contributed by atoms with Gasteiger partial charge < -0.3 is 15.7 Å². The average molecular weight is 349 g/mol. The van der Waals surface area contributed by atoms with Crippen LogP contribution in [0.1, 0.15) is 76.7 Å². The minimum atomic E-state index is -0.0882. The molecule has 1 aromatic carbocycles. The van der Waals surface area contributed by atoms with Gasteiger partial charge in [-0.05, 0) is 30.5 Å².